The normalized spacial score (nSPS) is 12.5. The van der Waals surface area contributed by atoms with E-state index >= 15 is 0 Å². The topological polar surface area (TPSA) is 35.2 Å². The zero-order chi connectivity index (χ0) is 14.8. The zero-order valence-corrected chi connectivity index (χ0v) is 13.4. The van der Waals surface area contributed by atoms with E-state index in [1.54, 1.807) is 0 Å². The highest BCUT2D eigenvalue weighted by Gasteiger charge is 2.16. The summed E-state index contributed by atoms with van der Waals surface area (Å²) in [4.78, 5) is 1.02. The summed E-state index contributed by atoms with van der Waals surface area (Å²) in [5.74, 6) is 0.773. The third-order valence-corrected chi connectivity index (χ3v) is 4.88. The van der Waals surface area contributed by atoms with Crippen molar-refractivity contribution >= 4 is 45.3 Å². The molecule has 0 spiro atoms. The van der Waals surface area contributed by atoms with Gasteiger partial charge in [0.05, 0.1) is 4.34 Å². The summed E-state index contributed by atoms with van der Waals surface area (Å²) in [5.41, 5.74) is 5.85. The summed E-state index contributed by atoms with van der Waals surface area (Å²) in [6.07, 6.45) is -0.216. The molecule has 2 aromatic carbocycles. The molecule has 3 aromatic rings. The molecule has 0 aliphatic rings. The summed E-state index contributed by atoms with van der Waals surface area (Å²) in [7, 11) is 0. The number of fused-ring (bicyclic) bond motifs is 1. The second kappa shape index (κ2) is 6.24. The number of hydrogen-bond donors (Lipinski definition) is 1. The predicted octanol–water partition coefficient (Wildman–Crippen LogP) is 5.29. The van der Waals surface area contributed by atoms with Crippen LogP contribution in [-0.4, -0.2) is 6.54 Å². The van der Waals surface area contributed by atoms with E-state index in [1.165, 1.54) is 11.3 Å². The van der Waals surface area contributed by atoms with Crippen molar-refractivity contribution in [1.29, 1.82) is 0 Å². The largest absolute Gasteiger partial charge is 0.483 e. The van der Waals surface area contributed by atoms with Gasteiger partial charge >= 0.3 is 0 Å². The van der Waals surface area contributed by atoms with E-state index < -0.39 is 0 Å². The van der Waals surface area contributed by atoms with Gasteiger partial charge in [0.25, 0.3) is 0 Å². The molecule has 0 aliphatic heterocycles. The molecule has 1 heterocycles. The van der Waals surface area contributed by atoms with Crippen LogP contribution >= 0.6 is 34.5 Å². The quantitative estimate of drug-likeness (QED) is 0.702. The molecule has 0 radical (unpaired) electrons. The van der Waals surface area contributed by atoms with Crippen molar-refractivity contribution in [3.05, 3.63) is 62.8 Å². The highest BCUT2D eigenvalue weighted by atomic mass is 35.5. The Hall–Kier alpha value is -1.26. The van der Waals surface area contributed by atoms with Gasteiger partial charge in [-0.1, -0.05) is 47.5 Å². The number of rotatable bonds is 4. The van der Waals surface area contributed by atoms with Crippen molar-refractivity contribution in [2.45, 2.75) is 6.10 Å². The predicted molar refractivity (Wildman–Crippen MR) is 90.7 cm³/mol. The molecule has 5 heteroatoms. The Kier molecular flexibility index (Phi) is 4.36. The number of ether oxygens (including phenoxy) is 1. The van der Waals surface area contributed by atoms with Crippen molar-refractivity contribution in [2.75, 3.05) is 6.54 Å². The summed E-state index contributed by atoms with van der Waals surface area (Å²) < 4.78 is 6.83. The molecule has 21 heavy (non-hydrogen) atoms. The average molecular weight is 338 g/mol. The second-order valence-electron chi connectivity index (χ2n) is 4.58. The van der Waals surface area contributed by atoms with Gasteiger partial charge in [-0.15, -0.1) is 11.3 Å². The van der Waals surface area contributed by atoms with Gasteiger partial charge in [-0.3, -0.25) is 0 Å². The van der Waals surface area contributed by atoms with Crippen LogP contribution in [0.4, 0.5) is 0 Å². The molecular weight excluding hydrogens is 325 g/mol. The van der Waals surface area contributed by atoms with Crippen molar-refractivity contribution < 1.29 is 4.74 Å². The Morgan fingerprint density at radius 2 is 1.76 bits per heavy atom. The molecule has 2 nitrogen and oxygen atoms in total. The Morgan fingerprint density at radius 1 is 1.00 bits per heavy atom. The SMILES string of the molecule is NCC(Oc1ccc(Cl)c2ccccc12)c1ccc(Cl)s1. The van der Waals surface area contributed by atoms with Gasteiger partial charge in [0.2, 0.25) is 0 Å². The van der Waals surface area contributed by atoms with Gasteiger partial charge in [-0.25, -0.2) is 0 Å². The number of nitrogens with two attached hydrogens (primary N) is 1. The van der Waals surface area contributed by atoms with Gasteiger partial charge in [0, 0.05) is 27.2 Å². The Morgan fingerprint density at radius 3 is 2.43 bits per heavy atom. The molecule has 0 fully saturated rings. The fourth-order valence-electron chi connectivity index (χ4n) is 2.21. The van der Waals surface area contributed by atoms with Crippen LogP contribution in [0.1, 0.15) is 11.0 Å². The first kappa shape index (κ1) is 14.7. The standard InChI is InChI=1S/C16H13Cl2NOS/c17-12-5-6-13(11-4-2-1-3-10(11)12)20-14(9-19)15-7-8-16(18)21-15/h1-8,14H,9,19H2. The molecule has 1 unspecified atom stereocenters. The smallest absolute Gasteiger partial charge is 0.145 e. The van der Waals surface area contributed by atoms with Crippen LogP contribution in [0, 0.1) is 0 Å². The van der Waals surface area contributed by atoms with E-state index in [9.17, 15) is 0 Å². The van der Waals surface area contributed by atoms with Crippen molar-refractivity contribution in [2.24, 2.45) is 5.73 Å². The van der Waals surface area contributed by atoms with Crippen LogP contribution in [0.25, 0.3) is 10.8 Å². The molecule has 0 amide bonds. The summed E-state index contributed by atoms with van der Waals surface area (Å²) in [6, 6.07) is 15.4. The minimum Gasteiger partial charge on any atom is -0.483 e. The number of thiophene rings is 1. The van der Waals surface area contributed by atoms with E-state index in [2.05, 4.69) is 0 Å². The molecule has 2 N–H and O–H groups in total. The van der Waals surface area contributed by atoms with Crippen molar-refractivity contribution in [1.82, 2.24) is 0 Å². The average Bonchev–Trinajstić information content (AvgIpc) is 2.93. The molecule has 0 bridgehead atoms. The summed E-state index contributed by atoms with van der Waals surface area (Å²) in [5, 5.41) is 2.66. The van der Waals surface area contributed by atoms with E-state index in [0.29, 0.717) is 11.6 Å². The molecule has 0 aliphatic carbocycles. The second-order valence-corrected chi connectivity index (χ2v) is 6.73. The van der Waals surface area contributed by atoms with Crippen molar-refractivity contribution in [3.63, 3.8) is 0 Å². The Labute approximate surface area is 137 Å². The summed E-state index contributed by atoms with van der Waals surface area (Å²) >= 11 is 13.7. The highest BCUT2D eigenvalue weighted by Crippen LogP contribution is 2.35. The fourth-order valence-corrected chi connectivity index (χ4v) is 3.55. The molecule has 1 atom stereocenters. The van der Waals surface area contributed by atoms with E-state index in [0.717, 1.165) is 25.7 Å². The van der Waals surface area contributed by atoms with Gasteiger partial charge in [0.1, 0.15) is 11.9 Å². The van der Waals surface area contributed by atoms with Crippen LogP contribution in [0.3, 0.4) is 0 Å². The van der Waals surface area contributed by atoms with Crippen LogP contribution in [0.15, 0.2) is 48.5 Å². The highest BCUT2D eigenvalue weighted by molar-refractivity contribution is 7.16. The van der Waals surface area contributed by atoms with Gasteiger partial charge in [0.15, 0.2) is 0 Å². The Bertz CT molecular complexity index is 772. The number of benzene rings is 2. The third-order valence-electron chi connectivity index (χ3n) is 3.23. The lowest BCUT2D eigenvalue weighted by Crippen LogP contribution is -2.17. The van der Waals surface area contributed by atoms with Gasteiger partial charge in [-0.05, 0) is 24.3 Å². The number of hydrogen-bond acceptors (Lipinski definition) is 3. The lowest BCUT2D eigenvalue weighted by atomic mass is 10.1. The fraction of sp³-hybridized carbons (Fsp3) is 0.125. The zero-order valence-electron chi connectivity index (χ0n) is 11.1. The van der Waals surface area contributed by atoms with Crippen LogP contribution in [-0.2, 0) is 0 Å². The lowest BCUT2D eigenvalue weighted by Gasteiger charge is -2.18. The first-order chi connectivity index (χ1) is 10.2. The maximum absolute atomic E-state index is 6.22. The molecule has 108 valence electrons. The lowest BCUT2D eigenvalue weighted by molar-refractivity contribution is 0.221. The minimum atomic E-state index is -0.216. The third kappa shape index (κ3) is 3.01. The first-order valence-corrected chi connectivity index (χ1v) is 8.05. The molecule has 1 aromatic heterocycles. The monoisotopic (exact) mass is 337 g/mol. The van der Waals surface area contributed by atoms with Crippen LogP contribution in [0.2, 0.25) is 9.36 Å². The molecule has 0 saturated carbocycles. The number of halogens is 2. The van der Waals surface area contributed by atoms with Gasteiger partial charge in [-0.2, -0.15) is 0 Å². The van der Waals surface area contributed by atoms with Crippen LogP contribution < -0.4 is 10.5 Å². The minimum absolute atomic E-state index is 0.216. The van der Waals surface area contributed by atoms with E-state index in [-0.39, 0.29) is 6.10 Å². The molecule has 3 rings (SSSR count). The van der Waals surface area contributed by atoms with E-state index in [1.807, 2.05) is 48.5 Å². The van der Waals surface area contributed by atoms with E-state index in [4.69, 9.17) is 33.7 Å². The molecular formula is C16H13Cl2NOS. The molecule has 0 saturated heterocycles. The maximum Gasteiger partial charge on any atom is 0.145 e. The van der Waals surface area contributed by atoms with Gasteiger partial charge < -0.3 is 10.5 Å². The Balaban J connectivity index is 1.99. The van der Waals surface area contributed by atoms with Crippen LogP contribution in [0.5, 0.6) is 5.75 Å². The summed E-state index contributed by atoms with van der Waals surface area (Å²) in [6.45, 7) is 0.383. The van der Waals surface area contributed by atoms with Crippen molar-refractivity contribution in [3.8, 4) is 5.75 Å². The maximum atomic E-state index is 6.22. The first-order valence-electron chi connectivity index (χ1n) is 6.48.